The van der Waals surface area contributed by atoms with Gasteiger partial charge in [-0.15, -0.1) is 0 Å². The maximum Gasteiger partial charge on any atom is 0.158 e. The summed E-state index contributed by atoms with van der Waals surface area (Å²) in [4.78, 5) is 0. The number of allylic oxidation sites excluding steroid dienone is 2. The molecule has 3 unspecified atom stereocenters. The van der Waals surface area contributed by atoms with E-state index in [1.807, 2.05) is 13.0 Å². The van der Waals surface area contributed by atoms with Crippen LogP contribution in [-0.2, 0) is 9.47 Å². The van der Waals surface area contributed by atoms with E-state index in [4.69, 9.17) is 14.6 Å². The Morgan fingerprint density at radius 1 is 1.62 bits per heavy atom. The normalized spacial score (nSPS) is 31.3. The third kappa shape index (κ3) is 3.46. The van der Waals surface area contributed by atoms with Crippen molar-refractivity contribution in [1.29, 1.82) is 0 Å². The van der Waals surface area contributed by atoms with Gasteiger partial charge < -0.3 is 14.6 Å². The number of hydrogen-bond acceptors (Lipinski definition) is 3. The van der Waals surface area contributed by atoms with E-state index in [-0.39, 0.29) is 19.0 Å². The van der Waals surface area contributed by atoms with Crippen molar-refractivity contribution < 1.29 is 14.6 Å². The average Bonchev–Trinajstić information content (AvgIpc) is 2.52. The van der Waals surface area contributed by atoms with Gasteiger partial charge in [-0.3, -0.25) is 0 Å². The van der Waals surface area contributed by atoms with E-state index in [2.05, 4.69) is 13.0 Å². The second-order valence-electron chi connectivity index (χ2n) is 3.44. The molecule has 0 bridgehead atoms. The first-order valence-corrected chi connectivity index (χ1v) is 4.77. The fourth-order valence-corrected chi connectivity index (χ4v) is 1.44. The Morgan fingerprint density at radius 2 is 2.38 bits per heavy atom. The summed E-state index contributed by atoms with van der Waals surface area (Å²) in [5.41, 5.74) is 0. The molecule has 3 nitrogen and oxygen atoms in total. The molecular formula is C10H18O3. The molecule has 0 radical (unpaired) electrons. The third-order valence-electron chi connectivity index (χ3n) is 2.10. The van der Waals surface area contributed by atoms with Gasteiger partial charge in [0.2, 0.25) is 0 Å². The quantitative estimate of drug-likeness (QED) is 0.673. The summed E-state index contributed by atoms with van der Waals surface area (Å²) in [6, 6.07) is 0. The van der Waals surface area contributed by atoms with Gasteiger partial charge >= 0.3 is 0 Å². The first-order valence-electron chi connectivity index (χ1n) is 4.77. The molecule has 76 valence electrons. The van der Waals surface area contributed by atoms with Crippen molar-refractivity contribution in [3.63, 3.8) is 0 Å². The summed E-state index contributed by atoms with van der Waals surface area (Å²) in [5, 5.41) is 8.80. The lowest BCUT2D eigenvalue weighted by molar-refractivity contribution is -0.0738. The van der Waals surface area contributed by atoms with Crippen LogP contribution in [0, 0.1) is 5.92 Å². The molecule has 1 N–H and O–H groups in total. The largest absolute Gasteiger partial charge is 0.394 e. The Hall–Kier alpha value is -0.380. The van der Waals surface area contributed by atoms with Crippen molar-refractivity contribution in [2.45, 2.75) is 32.7 Å². The molecule has 13 heavy (non-hydrogen) atoms. The predicted octanol–water partition coefficient (Wildman–Crippen LogP) is 1.32. The van der Waals surface area contributed by atoms with Gasteiger partial charge in [0, 0.05) is 6.42 Å². The molecule has 0 aromatic heterocycles. The zero-order valence-corrected chi connectivity index (χ0v) is 8.27. The molecule has 1 heterocycles. The molecule has 1 fully saturated rings. The molecule has 3 atom stereocenters. The van der Waals surface area contributed by atoms with Crippen molar-refractivity contribution >= 4 is 0 Å². The highest BCUT2D eigenvalue weighted by Crippen LogP contribution is 2.18. The summed E-state index contributed by atoms with van der Waals surface area (Å²) in [6.45, 7) is 4.70. The molecule has 0 saturated carbocycles. The van der Waals surface area contributed by atoms with Gasteiger partial charge in [0.25, 0.3) is 0 Å². The fourth-order valence-electron chi connectivity index (χ4n) is 1.44. The minimum Gasteiger partial charge on any atom is -0.394 e. The first-order chi connectivity index (χ1) is 6.26. The first kappa shape index (κ1) is 10.7. The number of hydrogen-bond donors (Lipinski definition) is 1. The van der Waals surface area contributed by atoms with Gasteiger partial charge in [-0.2, -0.15) is 0 Å². The third-order valence-corrected chi connectivity index (χ3v) is 2.10. The van der Waals surface area contributed by atoms with Crippen LogP contribution in [0.25, 0.3) is 0 Å². The van der Waals surface area contributed by atoms with Crippen LogP contribution in [0.3, 0.4) is 0 Å². The van der Waals surface area contributed by atoms with Gasteiger partial charge in [-0.05, 0) is 12.8 Å². The Kier molecular flexibility index (Phi) is 4.42. The molecule has 1 aliphatic rings. The number of ether oxygens (including phenoxy) is 2. The zero-order valence-electron chi connectivity index (χ0n) is 8.27. The summed E-state index contributed by atoms with van der Waals surface area (Å²) < 4.78 is 10.8. The molecule has 1 aliphatic heterocycles. The molecule has 0 spiro atoms. The number of aliphatic hydroxyl groups is 1. The van der Waals surface area contributed by atoms with E-state index in [1.54, 1.807) is 0 Å². The Balaban J connectivity index is 2.23. The van der Waals surface area contributed by atoms with E-state index in [0.29, 0.717) is 12.5 Å². The van der Waals surface area contributed by atoms with E-state index in [1.165, 1.54) is 0 Å². The van der Waals surface area contributed by atoms with E-state index >= 15 is 0 Å². The highest BCUT2D eigenvalue weighted by molar-refractivity contribution is 4.84. The van der Waals surface area contributed by atoms with Crippen molar-refractivity contribution in [1.82, 2.24) is 0 Å². The van der Waals surface area contributed by atoms with Gasteiger partial charge in [0.15, 0.2) is 6.29 Å². The molecular weight excluding hydrogens is 168 g/mol. The Labute approximate surface area is 79.3 Å². The lowest BCUT2D eigenvalue weighted by Crippen LogP contribution is -2.17. The molecule has 0 amide bonds. The Morgan fingerprint density at radius 3 is 2.92 bits per heavy atom. The second-order valence-corrected chi connectivity index (χ2v) is 3.44. The van der Waals surface area contributed by atoms with Crippen molar-refractivity contribution in [3.8, 4) is 0 Å². The minimum atomic E-state index is -0.136. The van der Waals surface area contributed by atoms with Crippen LogP contribution >= 0.6 is 0 Å². The lowest BCUT2D eigenvalue weighted by atomic mass is 10.1. The van der Waals surface area contributed by atoms with E-state index in [0.717, 1.165) is 6.42 Å². The standard InChI is InChI=1S/C10H18O3/c1-3-4-8(2)5-10-12-7-9(6-11)13-10/h3-4,8-11H,5-7H2,1-2H3. The maximum absolute atomic E-state index is 8.80. The van der Waals surface area contributed by atoms with Crippen molar-refractivity contribution in [3.05, 3.63) is 12.2 Å². The molecule has 0 aliphatic carbocycles. The monoisotopic (exact) mass is 186 g/mol. The van der Waals surface area contributed by atoms with Gasteiger partial charge in [0.05, 0.1) is 13.2 Å². The van der Waals surface area contributed by atoms with Crippen LogP contribution in [0.15, 0.2) is 12.2 Å². The molecule has 3 heteroatoms. The second kappa shape index (κ2) is 5.37. The summed E-state index contributed by atoms with van der Waals surface area (Å²) in [6.07, 6.45) is 4.76. The van der Waals surface area contributed by atoms with Crippen LogP contribution in [0.2, 0.25) is 0 Å². The Bertz CT molecular complexity index is 168. The van der Waals surface area contributed by atoms with Crippen LogP contribution in [0.4, 0.5) is 0 Å². The fraction of sp³-hybridized carbons (Fsp3) is 0.800. The highest BCUT2D eigenvalue weighted by atomic mass is 16.7. The molecule has 1 saturated heterocycles. The molecule has 0 aromatic carbocycles. The van der Waals surface area contributed by atoms with Crippen molar-refractivity contribution in [2.24, 2.45) is 5.92 Å². The average molecular weight is 186 g/mol. The molecule has 1 rings (SSSR count). The minimum absolute atomic E-state index is 0.0501. The summed E-state index contributed by atoms with van der Waals surface area (Å²) in [5.74, 6) is 0.465. The number of aliphatic hydroxyl groups excluding tert-OH is 1. The number of rotatable bonds is 4. The SMILES string of the molecule is CC=CC(C)CC1OCC(CO)O1. The van der Waals surface area contributed by atoms with Crippen LogP contribution in [0.5, 0.6) is 0 Å². The van der Waals surface area contributed by atoms with Gasteiger partial charge in [0.1, 0.15) is 6.10 Å². The van der Waals surface area contributed by atoms with Crippen molar-refractivity contribution in [2.75, 3.05) is 13.2 Å². The summed E-state index contributed by atoms with van der Waals surface area (Å²) >= 11 is 0. The maximum atomic E-state index is 8.80. The van der Waals surface area contributed by atoms with Crippen LogP contribution in [-0.4, -0.2) is 30.7 Å². The zero-order chi connectivity index (χ0) is 9.68. The van der Waals surface area contributed by atoms with Gasteiger partial charge in [-0.1, -0.05) is 19.1 Å². The van der Waals surface area contributed by atoms with Gasteiger partial charge in [-0.25, -0.2) is 0 Å². The smallest absolute Gasteiger partial charge is 0.158 e. The summed E-state index contributed by atoms with van der Waals surface area (Å²) in [7, 11) is 0. The van der Waals surface area contributed by atoms with E-state index < -0.39 is 0 Å². The lowest BCUT2D eigenvalue weighted by Gasteiger charge is -2.12. The molecule has 0 aromatic rings. The van der Waals surface area contributed by atoms with Crippen LogP contribution < -0.4 is 0 Å². The topological polar surface area (TPSA) is 38.7 Å². The van der Waals surface area contributed by atoms with E-state index in [9.17, 15) is 0 Å². The predicted molar refractivity (Wildman–Crippen MR) is 50.3 cm³/mol. The van der Waals surface area contributed by atoms with Crippen LogP contribution in [0.1, 0.15) is 20.3 Å². The highest BCUT2D eigenvalue weighted by Gasteiger charge is 2.25.